The zero-order chi connectivity index (χ0) is 22.6. The van der Waals surface area contributed by atoms with Gasteiger partial charge in [-0.1, -0.05) is 0 Å². The molecule has 0 aliphatic heterocycles. The van der Waals surface area contributed by atoms with Crippen LogP contribution in [0.1, 0.15) is 5.69 Å². The molecular formula is C17H16F3N7O3S. The third-order valence-electron chi connectivity index (χ3n) is 4.57. The van der Waals surface area contributed by atoms with Crippen molar-refractivity contribution in [3.63, 3.8) is 0 Å². The lowest BCUT2D eigenvalue weighted by atomic mass is 10.2. The van der Waals surface area contributed by atoms with Gasteiger partial charge in [-0.15, -0.1) is 0 Å². The molecule has 0 aliphatic rings. The Morgan fingerprint density at radius 1 is 1.10 bits per heavy atom. The van der Waals surface area contributed by atoms with Gasteiger partial charge in [-0.05, 0) is 12.1 Å². The first-order valence-corrected chi connectivity index (χ1v) is 10.2. The van der Waals surface area contributed by atoms with Gasteiger partial charge < -0.3 is 4.74 Å². The number of alkyl halides is 3. The topological polar surface area (TPSA) is 109 Å². The first kappa shape index (κ1) is 20.7. The minimum Gasteiger partial charge on any atom is -0.494 e. The van der Waals surface area contributed by atoms with E-state index >= 15 is 0 Å². The lowest BCUT2D eigenvalue weighted by molar-refractivity contribution is -0.141. The van der Waals surface area contributed by atoms with Crippen LogP contribution in [-0.4, -0.2) is 44.9 Å². The Bertz CT molecular complexity index is 1390. The van der Waals surface area contributed by atoms with Gasteiger partial charge in [-0.3, -0.25) is 14.1 Å². The highest BCUT2D eigenvalue weighted by molar-refractivity contribution is 7.92. The summed E-state index contributed by atoms with van der Waals surface area (Å²) in [6.45, 7) is 0. The van der Waals surface area contributed by atoms with E-state index in [9.17, 15) is 21.6 Å². The molecule has 164 valence electrons. The predicted molar refractivity (Wildman–Crippen MR) is 103 cm³/mol. The Morgan fingerprint density at radius 3 is 2.48 bits per heavy atom. The molecule has 3 aromatic heterocycles. The fourth-order valence-corrected chi connectivity index (χ4v) is 4.10. The van der Waals surface area contributed by atoms with E-state index in [1.54, 1.807) is 25.4 Å². The number of sulfonamides is 1. The van der Waals surface area contributed by atoms with E-state index in [1.807, 2.05) is 0 Å². The Balaban J connectivity index is 1.73. The van der Waals surface area contributed by atoms with Crippen molar-refractivity contribution in [2.24, 2.45) is 14.1 Å². The van der Waals surface area contributed by atoms with Crippen molar-refractivity contribution in [3.05, 3.63) is 42.5 Å². The molecule has 0 aliphatic carbocycles. The number of benzene rings is 1. The average molecular weight is 455 g/mol. The average Bonchev–Trinajstić information content (AvgIpc) is 3.40. The Kier molecular flexibility index (Phi) is 4.68. The molecule has 4 aromatic rings. The fourth-order valence-electron chi connectivity index (χ4n) is 3.09. The van der Waals surface area contributed by atoms with Crippen LogP contribution in [0.3, 0.4) is 0 Å². The first-order chi connectivity index (χ1) is 14.5. The maximum Gasteiger partial charge on any atom is 0.435 e. The fraction of sp³-hybridized carbons (Fsp3) is 0.235. The third kappa shape index (κ3) is 3.58. The summed E-state index contributed by atoms with van der Waals surface area (Å²) >= 11 is 0. The molecular weight excluding hydrogens is 439 g/mol. The molecule has 1 aromatic carbocycles. The van der Waals surface area contributed by atoms with Crippen molar-refractivity contribution in [1.29, 1.82) is 0 Å². The first-order valence-electron chi connectivity index (χ1n) is 8.69. The van der Waals surface area contributed by atoms with Crippen molar-refractivity contribution < 1.29 is 26.3 Å². The van der Waals surface area contributed by atoms with Gasteiger partial charge in [0.05, 0.1) is 31.2 Å². The largest absolute Gasteiger partial charge is 0.494 e. The number of nitrogens with one attached hydrogen (secondary N) is 1. The zero-order valence-corrected chi connectivity index (χ0v) is 17.2. The van der Waals surface area contributed by atoms with Crippen molar-refractivity contribution in [2.75, 3.05) is 11.8 Å². The Morgan fingerprint density at radius 2 is 1.84 bits per heavy atom. The molecule has 3 heterocycles. The Hall–Kier alpha value is -3.55. The van der Waals surface area contributed by atoms with E-state index in [2.05, 4.69) is 20.0 Å². The Labute approximate surface area is 173 Å². The summed E-state index contributed by atoms with van der Waals surface area (Å²) in [6, 6.07) is 4.10. The summed E-state index contributed by atoms with van der Waals surface area (Å²) in [7, 11) is 0.186. The van der Waals surface area contributed by atoms with Gasteiger partial charge in [0.2, 0.25) is 0 Å². The molecule has 0 bridgehead atoms. The molecule has 0 unspecified atom stereocenters. The second-order valence-electron chi connectivity index (χ2n) is 6.58. The molecule has 0 amide bonds. The van der Waals surface area contributed by atoms with Gasteiger partial charge in [0.15, 0.2) is 11.5 Å². The van der Waals surface area contributed by atoms with Gasteiger partial charge >= 0.3 is 6.18 Å². The van der Waals surface area contributed by atoms with Crippen LogP contribution in [0, 0.1) is 0 Å². The number of nitrogens with zero attached hydrogens (tertiary/aromatic N) is 6. The van der Waals surface area contributed by atoms with Crippen LogP contribution in [0.2, 0.25) is 0 Å². The molecule has 1 N–H and O–H groups in total. The monoisotopic (exact) mass is 455 g/mol. The van der Waals surface area contributed by atoms with Crippen molar-refractivity contribution in [2.45, 2.75) is 11.1 Å². The summed E-state index contributed by atoms with van der Waals surface area (Å²) in [5.41, 5.74) is -0.444. The van der Waals surface area contributed by atoms with Gasteiger partial charge in [0, 0.05) is 25.5 Å². The minimum absolute atomic E-state index is 0.0555. The van der Waals surface area contributed by atoms with Gasteiger partial charge in [-0.25, -0.2) is 13.1 Å². The van der Waals surface area contributed by atoms with Gasteiger partial charge in [-0.2, -0.15) is 28.5 Å². The summed E-state index contributed by atoms with van der Waals surface area (Å²) in [5.74, 6) is 0.216. The number of rotatable bonds is 5. The van der Waals surface area contributed by atoms with E-state index in [0.29, 0.717) is 10.9 Å². The van der Waals surface area contributed by atoms with Crippen LogP contribution in [0.15, 0.2) is 41.7 Å². The molecule has 31 heavy (non-hydrogen) atoms. The van der Waals surface area contributed by atoms with Crippen LogP contribution in [-0.2, 0) is 30.3 Å². The second-order valence-corrected chi connectivity index (χ2v) is 8.27. The number of aromatic nitrogens is 6. The van der Waals surface area contributed by atoms with Crippen LogP contribution in [0.5, 0.6) is 5.75 Å². The molecule has 0 saturated carbocycles. The smallest absolute Gasteiger partial charge is 0.435 e. The molecule has 0 atom stereocenters. The van der Waals surface area contributed by atoms with Gasteiger partial charge in [0.25, 0.3) is 10.0 Å². The van der Waals surface area contributed by atoms with E-state index in [4.69, 9.17) is 4.74 Å². The maximum atomic E-state index is 13.0. The lowest BCUT2D eigenvalue weighted by Crippen LogP contribution is -2.14. The molecule has 14 heteroatoms. The summed E-state index contributed by atoms with van der Waals surface area (Å²) in [5, 5.41) is 12.1. The van der Waals surface area contributed by atoms with Crippen LogP contribution >= 0.6 is 0 Å². The molecule has 4 rings (SSSR count). The second kappa shape index (κ2) is 7.01. The predicted octanol–water partition coefficient (Wildman–Crippen LogP) is 2.32. The van der Waals surface area contributed by atoms with Crippen LogP contribution < -0.4 is 9.46 Å². The van der Waals surface area contributed by atoms with Crippen molar-refractivity contribution in [3.8, 4) is 11.6 Å². The number of methoxy groups -OCH3 is 1. The zero-order valence-electron chi connectivity index (χ0n) is 16.4. The van der Waals surface area contributed by atoms with E-state index in [-0.39, 0.29) is 22.2 Å². The quantitative estimate of drug-likeness (QED) is 0.495. The minimum atomic E-state index is -4.64. The summed E-state index contributed by atoms with van der Waals surface area (Å²) < 4.78 is 75.9. The maximum absolute atomic E-state index is 13.0. The van der Waals surface area contributed by atoms with E-state index < -0.39 is 21.9 Å². The van der Waals surface area contributed by atoms with Crippen molar-refractivity contribution >= 4 is 26.6 Å². The standard InChI is InChI=1S/C17H16F3N7O3S/c1-25-14(6-13(23-25)17(18,19)20)27-9-11(8-22-27)31(28,29)24-15-12(30-3)5-4-10-7-21-26(2)16(10)15/h4-9,24H,1-3H3. The summed E-state index contributed by atoms with van der Waals surface area (Å²) in [4.78, 5) is -0.261. The lowest BCUT2D eigenvalue weighted by Gasteiger charge is -2.13. The number of hydrogen-bond donors (Lipinski definition) is 1. The number of fused-ring (bicyclic) bond motifs is 1. The molecule has 0 radical (unpaired) electrons. The SMILES string of the molecule is COc1ccc2cnn(C)c2c1NS(=O)(=O)c1cnn(-c2cc(C(F)(F)F)nn2C)c1. The molecule has 0 spiro atoms. The number of aryl methyl sites for hydroxylation is 2. The van der Waals surface area contributed by atoms with Crippen LogP contribution in [0.25, 0.3) is 16.7 Å². The number of ether oxygens (including phenoxy) is 1. The molecule has 0 saturated heterocycles. The highest BCUT2D eigenvalue weighted by atomic mass is 32.2. The van der Waals surface area contributed by atoms with Gasteiger partial charge in [0.1, 0.15) is 16.3 Å². The van der Waals surface area contributed by atoms with E-state index in [1.165, 1.54) is 18.8 Å². The highest BCUT2D eigenvalue weighted by Crippen LogP contribution is 2.35. The van der Waals surface area contributed by atoms with E-state index in [0.717, 1.165) is 27.8 Å². The molecule has 0 fully saturated rings. The number of halogens is 3. The number of anilines is 1. The van der Waals surface area contributed by atoms with Crippen LogP contribution in [0.4, 0.5) is 18.9 Å². The third-order valence-corrected chi connectivity index (χ3v) is 5.87. The number of hydrogen-bond acceptors (Lipinski definition) is 6. The summed E-state index contributed by atoms with van der Waals surface area (Å²) in [6.07, 6.45) is -0.947. The van der Waals surface area contributed by atoms with Crippen molar-refractivity contribution in [1.82, 2.24) is 29.3 Å². The highest BCUT2D eigenvalue weighted by Gasteiger charge is 2.35. The normalized spacial score (nSPS) is 12.5. The molecule has 10 nitrogen and oxygen atoms in total.